The number of amides is 1. The first kappa shape index (κ1) is 13.9. The van der Waals surface area contributed by atoms with Gasteiger partial charge in [0.05, 0.1) is 5.60 Å². The second-order valence-electron chi connectivity index (χ2n) is 7.15. The fraction of sp³-hybridized carbons (Fsp3) is 0.933. The van der Waals surface area contributed by atoms with Gasteiger partial charge in [-0.15, -0.1) is 0 Å². The van der Waals surface area contributed by atoms with Crippen LogP contribution >= 0.6 is 0 Å². The quantitative estimate of drug-likeness (QED) is 0.780. The summed E-state index contributed by atoms with van der Waals surface area (Å²) in [6.45, 7) is 7.62. The predicted molar refractivity (Wildman–Crippen MR) is 72.2 cm³/mol. The predicted octanol–water partition coefficient (Wildman–Crippen LogP) is 2.58. The molecule has 2 unspecified atom stereocenters. The minimum atomic E-state index is -0.688. The van der Waals surface area contributed by atoms with Crippen molar-refractivity contribution in [2.75, 3.05) is 13.1 Å². The average molecular weight is 253 g/mol. The van der Waals surface area contributed by atoms with Gasteiger partial charge in [0.15, 0.2) is 0 Å². The summed E-state index contributed by atoms with van der Waals surface area (Å²) in [6.07, 6.45) is 6.31. The largest absolute Gasteiger partial charge is 0.388 e. The van der Waals surface area contributed by atoms with Gasteiger partial charge in [0.1, 0.15) is 0 Å². The van der Waals surface area contributed by atoms with Crippen molar-refractivity contribution in [1.29, 1.82) is 0 Å². The van der Waals surface area contributed by atoms with E-state index in [4.69, 9.17) is 0 Å². The second kappa shape index (κ2) is 4.84. The summed E-state index contributed by atoms with van der Waals surface area (Å²) in [4.78, 5) is 14.6. The Morgan fingerprint density at radius 2 is 1.89 bits per heavy atom. The SMILES string of the molecule is CC1(O)CCCN(C(=O)C2CCCCC2(C)C)C1. The number of likely N-dealkylation sites (tertiary alicyclic amines) is 1. The summed E-state index contributed by atoms with van der Waals surface area (Å²) in [5.74, 6) is 0.430. The van der Waals surface area contributed by atoms with E-state index in [2.05, 4.69) is 13.8 Å². The summed E-state index contributed by atoms with van der Waals surface area (Å²) in [5, 5.41) is 10.1. The van der Waals surface area contributed by atoms with Crippen molar-refractivity contribution in [2.24, 2.45) is 11.3 Å². The van der Waals surface area contributed by atoms with E-state index >= 15 is 0 Å². The molecule has 1 saturated heterocycles. The van der Waals surface area contributed by atoms with Crippen LogP contribution in [0, 0.1) is 11.3 Å². The lowest BCUT2D eigenvalue weighted by Gasteiger charge is -2.43. The molecule has 1 heterocycles. The third-order valence-electron chi connectivity index (χ3n) is 4.79. The summed E-state index contributed by atoms with van der Waals surface area (Å²) in [7, 11) is 0. The van der Waals surface area contributed by atoms with Gasteiger partial charge in [-0.1, -0.05) is 26.7 Å². The second-order valence-corrected chi connectivity index (χ2v) is 7.15. The monoisotopic (exact) mass is 253 g/mol. The number of hydrogen-bond donors (Lipinski definition) is 1. The van der Waals surface area contributed by atoms with E-state index in [1.807, 2.05) is 11.8 Å². The lowest BCUT2D eigenvalue weighted by molar-refractivity contribution is -0.147. The lowest BCUT2D eigenvalue weighted by atomic mass is 9.68. The molecule has 3 heteroatoms. The average Bonchev–Trinajstić information content (AvgIpc) is 2.26. The molecule has 1 amide bonds. The molecule has 1 saturated carbocycles. The molecule has 1 N–H and O–H groups in total. The van der Waals surface area contributed by atoms with Gasteiger partial charge < -0.3 is 10.0 Å². The maximum atomic E-state index is 12.7. The molecule has 1 aliphatic heterocycles. The van der Waals surface area contributed by atoms with E-state index in [0.717, 1.165) is 32.2 Å². The van der Waals surface area contributed by atoms with Crippen molar-refractivity contribution >= 4 is 5.91 Å². The van der Waals surface area contributed by atoms with E-state index in [0.29, 0.717) is 6.54 Å². The van der Waals surface area contributed by atoms with Crippen LogP contribution in [0.2, 0.25) is 0 Å². The number of nitrogens with zero attached hydrogens (tertiary/aromatic N) is 1. The van der Waals surface area contributed by atoms with Gasteiger partial charge in [0.2, 0.25) is 5.91 Å². The molecule has 1 aliphatic carbocycles. The Bertz CT molecular complexity index is 322. The van der Waals surface area contributed by atoms with E-state index in [-0.39, 0.29) is 17.2 Å². The van der Waals surface area contributed by atoms with E-state index in [1.54, 1.807) is 0 Å². The number of carbonyl (C=O) groups excluding carboxylic acids is 1. The summed E-state index contributed by atoms with van der Waals surface area (Å²) in [5.41, 5.74) is -0.564. The van der Waals surface area contributed by atoms with Crippen LogP contribution in [0.1, 0.15) is 59.3 Å². The lowest BCUT2D eigenvalue weighted by Crippen LogP contribution is -2.52. The smallest absolute Gasteiger partial charge is 0.226 e. The molecular weight excluding hydrogens is 226 g/mol. The molecule has 0 aromatic rings. The molecule has 2 atom stereocenters. The molecule has 18 heavy (non-hydrogen) atoms. The Kier molecular flexibility index (Phi) is 3.72. The van der Waals surface area contributed by atoms with Gasteiger partial charge in [-0.25, -0.2) is 0 Å². The van der Waals surface area contributed by atoms with Crippen LogP contribution < -0.4 is 0 Å². The topological polar surface area (TPSA) is 40.5 Å². The fourth-order valence-corrected chi connectivity index (χ4v) is 3.58. The van der Waals surface area contributed by atoms with Crippen molar-refractivity contribution in [1.82, 2.24) is 4.90 Å². The zero-order valence-electron chi connectivity index (χ0n) is 12.0. The number of β-amino-alcohol motifs (C(OH)–C–C–N with tert-alkyl or cyclic N) is 1. The van der Waals surface area contributed by atoms with Gasteiger partial charge in [-0.05, 0) is 38.0 Å². The minimum absolute atomic E-state index is 0.124. The van der Waals surface area contributed by atoms with Crippen LogP contribution in [-0.4, -0.2) is 34.6 Å². The summed E-state index contributed by atoms with van der Waals surface area (Å²) < 4.78 is 0. The van der Waals surface area contributed by atoms with Crippen LogP contribution in [0.5, 0.6) is 0 Å². The fourth-order valence-electron chi connectivity index (χ4n) is 3.58. The van der Waals surface area contributed by atoms with E-state index in [1.165, 1.54) is 12.8 Å². The highest BCUT2D eigenvalue weighted by Crippen LogP contribution is 2.42. The van der Waals surface area contributed by atoms with Crippen molar-refractivity contribution in [3.8, 4) is 0 Å². The molecule has 0 aromatic heterocycles. The van der Waals surface area contributed by atoms with E-state index < -0.39 is 5.60 Å². The summed E-state index contributed by atoms with van der Waals surface area (Å²) >= 11 is 0. The van der Waals surface area contributed by atoms with Crippen molar-refractivity contribution in [2.45, 2.75) is 64.9 Å². The third-order valence-corrected chi connectivity index (χ3v) is 4.79. The van der Waals surface area contributed by atoms with Crippen LogP contribution in [0.4, 0.5) is 0 Å². The maximum absolute atomic E-state index is 12.7. The zero-order valence-corrected chi connectivity index (χ0v) is 12.0. The van der Waals surface area contributed by atoms with Crippen LogP contribution in [0.15, 0.2) is 0 Å². The highest BCUT2D eigenvalue weighted by atomic mass is 16.3. The minimum Gasteiger partial charge on any atom is -0.388 e. The first-order valence-electron chi connectivity index (χ1n) is 7.33. The van der Waals surface area contributed by atoms with Crippen molar-refractivity contribution in [3.05, 3.63) is 0 Å². The van der Waals surface area contributed by atoms with Crippen molar-refractivity contribution < 1.29 is 9.90 Å². The molecule has 0 aromatic carbocycles. The van der Waals surface area contributed by atoms with Crippen molar-refractivity contribution in [3.63, 3.8) is 0 Å². The highest BCUT2D eigenvalue weighted by molar-refractivity contribution is 5.80. The van der Waals surface area contributed by atoms with Gasteiger partial charge in [-0.2, -0.15) is 0 Å². The normalized spacial score (nSPS) is 36.4. The van der Waals surface area contributed by atoms with Gasteiger partial charge in [0.25, 0.3) is 0 Å². The molecule has 2 rings (SSSR count). The van der Waals surface area contributed by atoms with Crippen LogP contribution in [0.25, 0.3) is 0 Å². The third kappa shape index (κ3) is 2.87. The molecule has 104 valence electrons. The Labute approximate surface area is 111 Å². The van der Waals surface area contributed by atoms with Crippen LogP contribution in [-0.2, 0) is 4.79 Å². The van der Waals surface area contributed by atoms with Gasteiger partial charge in [-0.3, -0.25) is 4.79 Å². The standard InChI is InChI=1S/C15H27NO2/c1-14(2)8-5-4-7-12(14)13(17)16-10-6-9-15(3,18)11-16/h12,18H,4-11H2,1-3H3. The first-order valence-corrected chi connectivity index (χ1v) is 7.33. The molecule has 2 aliphatic rings. The Balaban J connectivity index is 2.06. The molecule has 0 bridgehead atoms. The van der Waals surface area contributed by atoms with Gasteiger partial charge >= 0.3 is 0 Å². The number of rotatable bonds is 1. The van der Waals surface area contributed by atoms with Crippen LogP contribution in [0.3, 0.4) is 0 Å². The number of hydrogen-bond acceptors (Lipinski definition) is 2. The molecule has 0 spiro atoms. The summed E-state index contributed by atoms with van der Waals surface area (Å²) in [6, 6.07) is 0. The Morgan fingerprint density at radius 3 is 2.50 bits per heavy atom. The Morgan fingerprint density at radius 1 is 1.17 bits per heavy atom. The highest BCUT2D eigenvalue weighted by Gasteiger charge is 2.41. The van der Waals surface area contributed by atoms with E-state index in [9.17, 15) is 9.90 Å². The Hall–Kier alpha value is -0.570. The zero-order chi connectivity index (χ0) is 13.4. The first-order chi connectivity index (χ1) is 8.32. The van der Waals surface area contributed by atoms with Gasteiger partial charge in [0, 0.05) is 19.0 Å². The number of piperidine rings is 1. The molecule has 2 fully saturated rings. The number of aliphatic hydroxyl groups is 1. The maximum Gasteiger partial charge on any atom is 0.226 e. The molecule has 0 radical (unpaired) electrons. The number of carbonyl (C=O) groups is 1. The molecule has 3 nitrogen and oxygen atoms in total. The molecular formula is C15H27NO2.